The van der Waals surface area contributed by atoms with Crippen LogP contribution in [-0.2, 0) is 5.54 Å². The summed E-state index contributed by atoms with van der Waals surface area (Å²) in [6, 6.07) is 1.74. The summed E-state index contributed by atoms with van der Waals surface area (Å²) in [5.41, 5.74) is 0.899. The molecule has 2 amide bonds. The predicted molar refractivity (Wildman–Crippen MR) is 57.4 cm³/mol. The van der Waals surface area contributed by atoms with Crippen LogP contribution in [0.25, 0.3) is 0 Å². The van der Waals surface area contributed by atoms with Gasteiger partial charge in [-0.2, -0.15) is 0 Å². The Labute approximate surface area is 90.7 Å². The Morgan fingerprint density at radius 3 is 2.87 bits per heavy atom. The van der Waals surface area contributed by atoms with Crippen LogP contribution >= 0.6 is 11.3 Å². The van der Waals surface area contributed by atoms with Gasteiger partial charge in [-0.05, 0) is 25.3 Å². The first-order valence-electron chi connectivity index (χ1n) is 4.92. The summed E-state index contributed by atoms with van der Waals surface area (Å²) in [6.45, 7) is 0. The lowest BCUT2D eigenvalue weighted by molar-refractivity contribution is 0.112. The molecule has 0 atom stereocenters. The second-order valence-corrected chi connectivity index (χ2v) is 5.11. The van der Waals surface area contributed by atoms with E-state index in [1.807, 2.05) is 6.07 Å². The molecule has 78 valence electrons. The van der Waals surface area contributed by atoms with Gasteiger partial charge in [0, 0.05) is 5.56 Å². The van der Waals surface area contributed by atoms with E-state index in [-0.39, 0.29) is 11.6 Å². The third kappa shape index (κ3) is 1.13. The fraction of sp³-hybridized carbons (Fsp3) is 0.400. The third-order valence-corrected chi connectivity index (χ3v) is 4.15. The van der Waals surface area contributed by atoms with Gasteiger partial charge in [-0.15, -0.1) is 11.3 Å². The van der Waals surface area contributed by atoms with Crippen LogP contribution in [0.1, 0.15) is 34.5 Å². The Morgan fingerprint density at radius 1 is 1.47 bits per heavy atom. The standard InChI is InChI=1S/C10H10N2O2S/c13-5-6-4-7-8(15-6)11-9(14)12-10(7)2-1-3-10/h4-5H,1-3H2,(H2,11,12,14). The SMILES string of the molecule is O=Cc1cc2c(s1)NC(=O)NC21CCC1. The summed E-state index contributed by atoms with van der Waals surface area (Å²) >= 11 is 1.35. The van der Waals surface area contributed by atoms with Gasteiger partial charge in [-0.3, -0.25) is 10.1 Å². The van der Waals surface area contributed by atoms with Gasteiger partial charge in [0.1, 0.15) is 5.00 Å². The molecule has 2 aliphatic rings. The van der Waals surface area contributed by atoms with Crippen molar-refractivity contribution in [1.82, 2.24) is 5.32 Å². The number of fused-ring (bicyclic) bond motifs is 2. The lowest BCUT2D eigenvalue weighted by Gasteiger charge is -2.45. The van der Waals surface area contributed by atoms with Gasteiger partial charge in [-0.1, -0.05) is 0 Å². The van der Waals surface area contributed by atoms with E-state index in [0.717, 1.165) is 36.1 Å². The quantitative estimate of drug-likeness (QED) is 0.715. The van der Waals surface area contributed by atoms with Crippen molar-refractivity contribution in [1.29, 1.82) is 0 Å². The molecule has 3 rings (SSSR count). The summed E-state index contributed by atoms with van der Waals surface area (Å²) in [5.74, 6) is 0. The van der Waals surface area contributed by atoms with Crippen LogP contribution < -0.4 is 10.6 Å². The maximum Gasteiger partial charge on any atom is 0.320 e. The monoisotopic (exact) mass is 222 g/mol. The number of aldehydes is 1. The van der Waals surface area contributed by atoms with Crippen molar-refractivity contribution in [3.05, 3.63) is 16.5 Å². The first kappa shape index (κ1) is 8.91. The minimum atomic E-state index is -0.185. The normalized spacial score (nSPS) is 21.2. The number of urea groups is 1. The van der Waals surface area contributed by atoms with Crippen LogP contribution in [0.5, 0.6) is 0 Å². The first-order valence-corrected chi connectivity index (χ1v) is 5.74. The average molecular weight is 222 g/mol. The molecule has 1 aliphatic heterocycles. The molecule has 15 heavy (non-hydrogen) atoms. The van der Waals surface area contributed by atoms with Gasteiger partial charge in [0.2, 0.25) is 0 Å². The molecule has 1 spiro atoms. The van der Waals surface area contributed by atoms with Gasteiger partial charge >= 0.3 is 6.03 Å². The molecule has 1 fully saturated rings. The zero-order chi connectivity index (χ0) is 10.5. The number of hydrogen-bond donors (Lipinski definition) is 2. The lowest BCUT2D eigenvalue weighted by atomic mass is 9.72. The third-order valence-electron chi connectivity index (χ3n) is 3.17. The average Bonchev–Trinajstić information content (AvgIpc) is 2.56. The molecule has 0 bridgehead atoms. The van der Waals surface area contributed by atoms with E-state index >= 15 is 0 Å². The van der Waals surface area contributed by atoms with Gasteiger partial charge in [-0.25, -0.2) is 4.79 Å². The molecule has 1 aromatic heterocycles. The fourth-order valence-electron chi connectivity index (χ4n) is 2.26. The molecule has 1 saturated carbocycles. The maximum absolute atomic E-state index is 11.4. The molecule has 2 heterocycles. The van der Waals surface area contributed by atoms with Gasteiger partial charge < -0.3 is 5.32 Å². The number of hydrogen-bond acceptors (Lipinski definition) is 3. The highest BCUT2D eigenvalue weighted by atomic mass is 32.1. The van der Waals surface area contributed by atoms with E-state index in [2.05, 4.69) is 10.6 Å². The largest absolute Gasteiger partial charge is 0.328 e. The van der Waals surface area contributed by atoms with Gasteiger partial charge in [0.25, 0.3) is 0 Å². The van der Waals surface area contributed by atoms with E-state index in [1.165, 1.54) is 11.3 Å². The summed E-state index contributed by atoms with van der Waals surface area (Å²) in [4.78, 5) is 22.8. The van der Waals surface area contributed by atoms with Crippen molar-refractivity contribution in [2.45, 2.75) is 24.8 Å². The highest BCUT2D eigenvalue weighted by molar-refractivity contribution is 7.18. The molecular formula is C10H10N2O2S. The van der Waals surface area contributed by atoms with E-state index in [0.29, 0.717) is 4.88 Å². The minimum absolute atomic E-state index is 0.151. The number of carbonyl (C=O) groups excluding carboxylic acids is 2. The van der Waals surface area contributed by atoms with Crippen LogP contribution in [0.15, 0.2) is 6.07 Å². The van der Waals surface area contributed by atoms with Crippen molar-refractivity contribution in [3.8, 4) is 0 Å². The molecule has 0 saturated heterocycles. The van der Waals surface area contributed by atoms with Crippen LogP contribution in [0.4, 0.5) is 9.80 Å². The van der Waals surface area contributed by atoms with Crippen LogP contribution in [0.3, 0.4) is 0 Å². The predicted octanol–water partition coefficient (Wildman–Crippen LogP) is 2.07. The molecule has 4 nitrogen and oxygen atoms in total. The van der Waals surface area contributed by atoms with Crippen LogP contribution in [0, 0.1) is 0 Å². The molecular weight excluding hydrogens is 212 g/mol. The highest BCUT2D eigenvalue weighted by Gasteiger charge is 2.45. The molecule has 1 aromatic rings. The number of thiophene rings is 1. The summed E-state index contributed by atoms with van der Waals surface area (Å²) in [6.07, 6.45) is 3.92. The Bertz CT molecular complexity index is 448. The summed E-state index contributed by atoms with van der Waals surface area (Å²) < 4.78 is 0. The van der Waals surface area contributed by atoms with E-state index in [9.17, 15) is 9.59 Å². The zero-order valence-corrected chi connectivity index (χ0v) is 8.82. The van der Waals surface area contributed by atoms with Crippen molar-refractivity contribution in [2.24, 2.45) is 0 Å². The van der Waals surface area contributed by atoms with Crippen LogP contribution in [0.2, 0.25) is 0 Å². The first-order chi connectivity index (χ1) is 7.23. The molecule has 1 aliphatic carbocycles. The second kappa shape index (κ2) is 2.82. The molecule has 0 aromatic carbocycles. The smallest absolute Gasteiger partial charge is 0.320 e. The van der Waals surface area contributed by atoms with Crippen molar-refractivity contribution in [3.63, 3.8) is 0 Å². The fourth-order valence-corrected chi connectivity index (χ4v) is 3.23. The summed E-state index contributed by atoms with van der Waals surface area (Å²) in [5, 5.41) is 6.54. The zero-order valence-electron chi connectivity index (χ0n) is 8.00. The molecule has 2 N–H and O–H groups in total. The Morgan fingerprint density at radius 2 is 2.27 bits per heavy atom. The van der Waals surface area contributed by atoms with Gasteiger partial charge in [0.15, 0.2) is 6.29 Å². The van der Waals surface area contributed by atoms with Crippen LogP contribution in [-0.4, -0.2) is 12.3 Å². The van der Waals surface area contributed by atoms with Crippen molar-refractivity contribution >= 4 is 28.7 Å². The second-order valence-electron chi connectivity index (χ2n) is 4.02. The van der Waals surface area contributed by atoms with Crippen molar-refractivity contribution in [2.75, 3.05) is 5.32 Å². The number of nitrogens with one attached hydrogen (secondary N) is 2. The maximum atomic E-state index is 11.4. The van der Waals surface area contributed by atoms with E-state index in [4.69, 9.17) is 0 Å². The van der Waals surface area contributed by atoms with Gasteiger partial charge in [0.05, 0.1) is 10.4 Å². The topological polar surface area (TPSA) is 58.2 Å². The number of anilines is 1. The lowest BCUT2D eigenvalue weighted by Crippen LogP contribution is -2.55. The Kier molecular flexibility index (Phi) is 1.68. The van der Waals surface area contributed by atoms with E-state index < -0.39 is 0 Å². The Hall–Kier alpha value is -1.36. The minimum Gasteiger partial charge on any atom is -0.328 e. The summed E-state index contributed by atoms with van der Waals surface area (Å²) in [7, 11) is 0. The number of amides is 2. The molecule has 0 unspecified atom stereocenters. The van der Waals surface area contributed by atoms with E-state index in [1.54, 1.807) is 0 Å². The van der Waals surface area contributed by atoms with Crippen molar-refractivity contribution < 1.29 is 9.59 Å². The molecule has 0 radical (unpaired) electrons. The Balaban J connectivity index is 2.12. The molecule has 5 heteroatoms. The number of carbonyl (C=O) groups is 2. The highest BCUT2D eigenvalue weighted by Crippen LogP contribution is 2.48. The number of rotatable bonds is 1.